The van der Waals surface area contributed by atoms with Crippen LogP contribution in [0.4, 0.5) is 0 Å². The number of halogens is 1. The van der Waals surface area contributed by atoms with E-state index < -0.39 is 5.97 Å². The van der Waals surface area contributed by atoms with Crippen LogP contribution in [0.3, 0.4) is 0 Å². The Kier molecular flexibility index (Phi) is 5.42. The summed E-state index contributed by atoms with van der Waals surface area (Å²) in [6.45, 7) is 1.02. The minimum absolute atomic E-state index is 0.125. The van der Waals surface area contributed by atoms with E-state index in [0.29, 0.717) is 6.04 Å². The van der Waals surface area contributed by atoms with E-state index in [1.807, 2.05) is 0 Å². The lowest BCUT2D eigenvalue weighted by Gasteiger charge is -2.34. The summed E-state index contributed by atoms with van der Waals surface area (Å²) in [7, 11) is 0. The molecule has 0 aromatic heterocycles. The van der Waals surface area contributed by atoms with E-state index in [9.17, 15) is 4.79 Å². The number of carboxylic acids is 1. The minimum Gasteiger partial charge on any atom is -0.481 e. The maximum Gasteiger partial charge on any atom is 0.306 e. The third-order valence-corrected chi connectivity index (χ3v) is 6.35. The molecule has 0 amide bonds. The molecular formula is C19H26BrNO2. The van der Waals surface area contributed by atoms with Gasteiger partial charge in [0.15, 0.2) is 0 Å². The van der Waals surface area contributed by atoms with Gasteiger partial charge in [0.05, 0.1) is 5.92 Å². The van der Waals surface area contributed by atoms with Crippen LogP contribution in [0.15, 0.2) is 28.7 Å². The monoisotopic (exact) mass is 379 g/mol. The zero-order valence-electron chi connectivity index (χ0n) is 13.6. The highest BCUT2D eigenvalue weighted by Gasteiger charge is 2.36. The van der Waals surface area contributed by atoms with Crippen LogP contribution in [-0.2, 0) is 10.2 Å². The molecule has 1 aromatic rings. The first-order chi connectivity index (χ1) is 11.1. The zero-order chi connectivity index (χ0) is 16.3. The van der Waals surface area contributed by atoms with Crippen LogP contribution in [0.5, 0.6) is 0 Å². The maximum absolute atomic E-state index is 11.1. The van der Waals surface area contributed by atoms with Gasteiger partial charge in [-0.25, -0.2) is 0 Å². The molecule has 0 bridgehead atoms. The van der Waals surface area contributed by atoms with Crippen molar-refractivity contribution in [2.24, 2.45) is 5.92 Å². The number of carbonyl (C=O) groups is 1. The summed E-state index contributed by atoms with van der Waals surface area (Å²) < 4.78 is 1.13. The molecule has 126 valence electrons. The second kappa shape index (κ2) is 7.35. The van der Waals surface area contributed by atoms with Crippen molar-refractivity contribution in [3.63, 3.8) is 0 Å². The Morgan fingerprint density at radius 1 is 1.13 bits per heavy atom. The molecule has 2 fully saturated rings. The van der Waals surface area contributed by atoms with Gasteiger partial charge in [0, 0.05) is 22.5 Å². The molecule has 23 heavy (non-hydrogen) atoms. The third-order valence-electron chi connectivity index (χ3n) is 5.82. The highest BCUT2D eigenvalue weighted by molar-refractivity contribution is 9.10. The van der Waals surface area contributed by atoms with Crippen LogP contribution in [0.2, 0.25) is 0 Å². The Morgan fingerprint density at radius 2 is 1.74 bits per heavy atom. The summed E-state index contributed by atoms with van der Waals surface area (Å²) in [5.41, 5.74) is 1.72. The highest BCUT2D eigenvalue weighted by atomic mass is 79.9. The number of carboxylic acid groups (broad SMARTS) is 1. The number of nitrogens with one attached hydrogen (secondary N) is 1. The lowest BCUT2D eigenvalue weighted by Crippen LogP contribution is -2.43. The molecule has 1 aromatic carbocycles. The van der Waals surface area contributed by atoms with Crippen LogP contribution < -0.4 is 5.32 Å². The second-order valence-electron chi connectivity index (χ2n) is 7.26. The molecule has 2 saturated carbocycles. The molecule has 3 nitrogen and oxygen atoms in total. The van der Waals surface area contributed by atoms with Crippen LogP contribution >= 0.6 is 15.9 Å². The topological polar surface area (TPSA) is 49.3 Å². The second-order valence-corrected chi connectivity index (χ2v) is 8.18. The first-order valence-electron chi connectivity index (χ1n) is 8.81. The van der Waals surface area contributed by atoms with E-state index in [-0.39, 0.29) is 11.3 Å². The van der Waals surface area contributed by atoms with E-state index in [1.54, 1.807) is 0 Å². The largest absolute Gasteiger partial charge is 0.481 e. The number of rotatable bonds is 5. The van der Waals surface area contributed by atoms with Gasteiger partial charge >= 0.3 is 5.97 Å². The molecule has 0 saturated heterocycles. The molecule has 3 rings (SSSR count). The molecule has 2 N–H and O–H groups in total. The van der Waals surface area contributed by atoms with E-state index in [4.69, 9.17) is 5.11 Å². The normalized spacial score (nSPS) is 27.0. The van der Waals surface area contributed by atoms with Crippen LogP contribution in [0.25, 0.3) is 0 Å². The molecule has 0 atom stereocenters. The number of hydrogen-bond acceptors (Lipinski definition) is 2. The maximum atomic E-state index is 11.1. The van der Waals surface area contributed by atoms with Gasteiger partial charge < -0.3 is 10.4 Å². The average Bonchev–Trinajstić information content (AvgIpc) is 3.04. The van der Waals surface area contributed by atoms with Gasteiger partial charge in [-0.1, -0.05) is 40.9 Å². The first kappa shape index (κ1) is 17.0. The Morgan fingerprint density at radius 3 is 2.30 bits per heavy atom. The summed E-state index contributed by atoms with van der Waals surface area (Å²) >= 11 is 3.53. The van der Waals surface area contributed by atoms with E-state index in [0.717, 1.165) is 36.7 Å². The molecule has 0 heterocycles. The Hall–Kier alpha value is -0.870. The van der Waals surface area contributed by atoms with Crippen molar-refractivity contribution in [3.05, 3.63) is 34.3 Å². The van der Waals surface area contributed by atoms with Crippen molar-refractivity contribution in [2.75, 3.05) is 6.54 Å². The fourth-order valence-electron chi connectivity index (χ4n) is 4.31. The van der Waals surface area contributed by atoms with Gasteiger partial charge in [0.25, 0.3) is 0 Å². The molecule has 0 spiro atoms. The van der Waals surface area contributed by atoms with Crippen LogP contribution in [0.1, 0.15) is 56.9 Å². The van der Waals surface area contributed by atoms with Crippen LogP contribution in [0, 0.1) is 5.92 Å². The van der Waals surface area contributed by atoms with Gasteiger partial charge in [-0.2, -0.15) is 0 Å². The summed E-state index contributed by atoms with van der Waals surface area (Å²) in [4.78, 5) is 11.1. The van der Waals surface area contributed by atoms with Gasteiger partial charge in [0.2, 0.25) is 0 Å². The fraction of sp³-hybridized carbons (Fsp3) is 0.632. The van der Waals surface area contributed by atoms with Crippen LogP contribution in [-0.4, -0.2) is 23.7 Å². The van der Waals surface area contributed by atoms with E-state index in [1.165, 1.54) is 31.2 Å². The average molecular weight is 380 g/mol. The molecular weight excluding hydrogens is 354 g/mol. The Bertz CT molecular complexity index is 529. The predicted molar refractivity (Wildman–Crippen MR) is 95.7 cm³/mol. The van der Waals surface area contributed by atoms with E-state index >= 15 is 0 Å². The molecule has 2 aliphatic rings. The zero-order valence-corrected chi connectivity index (χ0v) is 15.1. The van der Waals surface area contributed by atoms with Crippen molar-refractivity contribution in [1.82, 2.24) is 5.32 Å². The van der Waals surface area contributed by atoms with Gasteiger partial charge in [-0.15, -0.1) is 0 Å². The fourth-order valence-corrected chi connectivity index (χ4v) is 4.57. The van der Waals surface area contributed by atoms with E-state index in [2.05, 4.69) is 45.5 Å². The Labute approximate surface area is 147 Å². The van der Waals surface area contributed by atoms with Crippen molar-refractivity contribution < 1.29 is 9.90 Å². The minimum atomic E-state index is -0.620. The molecule has 0 unspecified atom stereocenters. The number of benzene rings is 1. The SMILES string of the molecule is O=C(O)C1CCC(NCC2(c3ccc(Br)cc3)CCCC2)CC1. The third kappa shape index (κ3) is 3.97. The summed E-state index contributed by atoms with van der Waals surface area (Å²) in [6.07, 6.45) is 8.75. The lowest BCUT2D eigenvalue weighted by atomic mass is 9.78. The summed E-state index contributed by atoms with van der Waals surface area (Å²) in [6, 6.07) is 9.30. The van der Waals surface area contributed by atoms with Crippen molar-refractivity contribution in [2.45, 2.75) is 62.8 Å². The first-order valence-corrected chi connectivity index (χ1v) is 9.61. The number of aliphatic carboxylic acids is 1. The number of hydrogen-bond donors (Lipinski definition) is 2. The summed E-state index contributed by atoms with van der Waals surface area (Å²) in [5, 5.41) is 12.9. The molecule has 0 aliphatic heterocycles. The standard InChI is InChI=1S/C19H26BrNO2/c20-16-7-5-15(6-8-16)19(11-1-2-12-19)13-21-17-9-3-14(4-10-17)18(22)23/h5-8,14,17,21H,1-4,9-13H2,(H,22,23). The van der Waals surface area contributed by atoms with Crippen molar-refractivity contribution >= 4 is 21.9 Å². The van der Waals surface area contributed by atoms with Gasteiger partial charge in [-0.3, -0.25) is 4.79 Å². The molecule has 2 aliphatic carbocycles. The van der Waals surface area contributed by atoms with Crippen molar-refractivity contribution in [3.8, 4) is 0 Å². The lowest BCUT2D eigenvalue weighted by molar-refractivity contribution is -0.142. The van der Waals surface area contributed by atoms with Gasteiger partial charge in [-0.05, 0) is 56.2 Å². The van der Waals surface area contributed by atoms with Gasteiger partial charge in [0.1, 0.15) is 0 Å². The smallest absolute Gasteiger partial charge is 0.306 e. The Balaban J connectivity index is 1.60. The predicted octanol–water partition coefficient (Wildman–Crippen LogP) is 4.49. The highest BCUT2D eigenvalue weighted by Crippen LogP contribution is 2.41. The quantitative estimate of drug-likeness (QED) is 0.791. The van der Waals surface area contributed by atoms with Crippen molar-refractivity contribution in [1.29, 1.82) is 0 Å². The molecule has 4 heteroatoms. The molecule has 0 radical (unpaired) electrons. The summed E-state index contributed by atoms with van der Waals surface area (Å²) in [5.74, 6) is -0.745.